The normalized spacial score (nSPS) is 20.8. The summed E-state index contributed by atoms with van der Waals surface area (Å²) in [6.45, 7) is 4.24. The summed E-state index contributed by atoms with van der Waals surface area (Å²) in [5, 5.41) is 17.2. The molecule has 0 bridgehead atoms. The van der Waals surface area contributed by atoms with E-state index in [-0.39, 0.29) is 18.0 Å². The van der Waals surface area contributed by atoms with Crippen LogP contribution in [0.1, 0.15) is 54.0 Å². The van der Waals surface area contributed by atoms with Gasteiger partial charge >= 0.3 is 5.97 Å². The summed E-state index contributed by atoms with van der Waals surface area (Å²) in [6, 6.07) is 21.6. The van der Waals surface area contributed by atoms with Crippen LogP contribution in [0.4, 0.5) is 0 Å². The molecule has 37 heavy (non-hydrogen) atoms. The molecule has 188 valence electrons. The van der Waals surface area contributed by atoms with Crippen molar-refractivity contribution in [1.29, 1.82) is 0 Å². The first kappa shape index (κ1) is 23.6. The van der Waals surface area contributed by atoms with Crippen LogP contribution in [0, 0.1) is 19.8 Å². The number of fused-ring (bicyclic) bond motifs is 1. The minimum atomic E-state index is -0.677. The van der Waals surface area contributed by atoms with E-state index < -0.39 is 5.97 Å². The highest BCUT2D eigenvalue weighted by molar-refractivity contribution is 5.75. The maximum Gasteiger partial charge on any atom is 0.306 e. The average molecular weight is 494 g/mol. The van der Waals surface area contributed by atoms with Crippen LogP contribution in [0.25, 0.3) is 34.0 Å². The molecule has 1 fully saturated rings. The predicted octanol–water partition coefficient (Wildman–Crippen LogP) is 6.52. The summed E-state index contributed by atoms with van der Waals surface area (Å²) in [4.78, 5) is 15.9. The molecular weight excluding hydrogens is 462 g/mol. The van der Waals surface area contributed by atoms with Gasteiger partial charge in [0.2, 0.25) is 5.82 Å². The molecule has 1 heterocycles. The molecule has 0 radical (unpaired) electrons. The Morgan fingerprint density at radius 3 is 2.46 bits per heavy atom. The van der Waals surface area contributed by atoms with E-state index in [4.69, 9.17) is 14.6 Å². The first-order valence-corrected chi connectivity index (χ1v) is 13.1. The van der Waals surface area contributed by atoms with Gasteiger partial charge in [0.15, 0.2) is 0 Å². The molecular formula is C31H31N3O3. The number of carbonyl (C=O) groups is 1. The lowest BCUT2D eigenvalue weighted by atomic mass is 9.78. The molecule has 6 nitrogen and oxygen atoms in total. The fraction of sp³-hybridized carbons (Fsp3) is 0.323. The maximum absolute atomic E-state index is 11.1. The number of carboxylic acid groups (broad SMARTS) is 1. The third-order valence-electron chi connectivity index (χ3n) is 7.91. The number of nitrogens with zero attached hydrogens (tertiary/aromatic N) is 2. The Bertz CT molecular complexity index is 1430. The lowest BCUT2D eigenvalue weighted by Crippen LogP contribution is -2.46. The van der Waals surface area contributed by atoms with E-state index in [1.54, 1.807) is 0 Å². The van der Waals surface area contributed by atoms with Gasteiger partial charge in [-0.2, -0.15) is 4.98 Å². The maximum atomic E-state index is 11.1. The van der Waals surface area contributed by atoms with Crippen LogP contribution in [0.15, 0.2) is 65.2 Å². The summed E-state index contributed by atoms with van der Waals surface area (Å²) in [6.07, 6.45) is 4.64. The van der Waals surface area contributed by atoms with Gasteiger partial charge in [0.05, 0.1) is 5.92 Å². The highest BCUT2D eigenvalue weighted by Gasteiger charge is 2.36. The second kappa shape index (κ2) is 9.60. The third kappa shape index (κ3) is 4.58. The molecule has 6 rings (SSSR count). The summed E-state index contributed by atoms with van der Waals surface area (Å²) in [7, 11) is 0. The van der Waals surface area contributed by atoms with Crippen molar-refractivity contribution in [3.63, 3.8) is 0 Å². The smallest absolute Gasteiger partial charge is 0.306 e. The van der Waals surface area contributed by atoms with Gasteiger partial charge in [-0.25, -0.2) is 0 Å². The van der Waals surface area contributed by atoms with Gasteiger partial charge in [-0.05, 0) is 97.5 Å². The van der Waals surface area contributed by atoms with E-state index in [2.05, 4.69) is 78.9 Å². The minimum Gasteiger partial charge on any atom is -0.481 e. The van der Waals surface area contributed by atoms with E-state index >= 15 is 0 Å². The Balaban J connectivity index is 1.22. The molecule has 0 aliphatic heterocycles. The zero-order chi connectivity index (χ0) is 25.5. The molecule has 4 aromatic rings. The van der Waals surface area contributed by atoms with Crippen LogP contribution < -0.4 is 5.32 Å². The van der Waals surface area contributed by atoms with Crippen molar-refractivity contribution < 1.29 is 14.4 Å². The quantitative estimate of drug-likeness (QED) is 0.318. The number of aryl methyl sites for hydroxylation is 3. The molecule has 1 aromatic heterocycles. The summed E-state index contributed by atoms with van der Waals surface area (Å²) >= 11 is 0. The first-order valence-electron chi connectivity index (χ1n) is 13.1. The third-order valence-corrected chi connectivity index (χ3v) is 7.91. The van der Waals surface area contributed by atoms with E-state index in [9.17, 15) is 4.79 Å². The zero-order valence-electron chi connectivity index (χ0n) is 21.2. The number of hydrogen-bond acceptors (Lipinski definition) is 5. The van der Waals surface area contributed by atoms with Gasteiger partial charge in [0.25, 0.3) is 5.89 Å². The van der Waals surface area contributed by atoms with Gasteiger partial charge in [0.1, 0.15) is 0 Å². The van der Waals surface area contributed by atoms with Crippen molar-refractivity contribution in [1.82, 2.24) is 15.5 Å². The number of rotatable bonds is 6. The Kier molecular flexibility index (Phi) is 6.13. The molecule has 2 N–H and O–H groups in total. The summed E-state index contributed by atoms with van der Waals surface area (Å²) in [5.74, 6) is 0.246. The van der Waals surface area contributed by atoms with Crippen LogP contribution in [-0.4, -0.2) is 27.3 Å². The van der Waals surface area contributed by atoms with E-state index in [0.717, 1.165) is 43.2 Å². The van der Waals surface area contributed by atoms with Gasteiger partial charge in [-0.15, -0.1) is 0 Å². The monoisotopic (exact) mass is 493 g/mol. The highest BCUT2D eigenvalue weighted by Crippen LogP contribution is 2.37. The average Bonchev–Trinajstić information content (AvgIpc) is 3.36. The molecule has 6 heteroatoms. The van der Waals surface area contributed by atoms with Gasteiger partial charge in [0, 0.05) is 23.2 Å². The molecule has 1 atom stereocenters. The number of carboxylic acids is 1. The Morgan fingerprint density at radius 2 is 1.73 bits per heavy atom. The van der Waals surface area contributed by atoms with Crippen molar-refractivity contribution in [2.24, 2.45) is 5.92 Å². The van der Waals surface area contributed by atoms with Gasteiger partial charge < -0.3 is 14.9 Å². The lowest BCUT2D eigenvalue weighted by molar-refractivity contribution is -0.145. The van der Waals surface area contributed by atoms with Crippen molar-refractivity contribution in [3.05, 3.63) is 82.9 Å². The summed E-state index contributed by atoms with van der Waals surface area (Å²) < 4.78 is 5.71. The molecule has 0 spiro atoms. The second-order valence-corrected chi connectivity index (χ2v) is 10.5. The Hall–Kier alpha value is -3.77. The molecule has 2 aliphatic carbocycles. The van der Waals surface area contributed by atoms with E-state index in [0.29, 0.717) is 11.7 Å². The van der Waals surface area contributed by atoms with Crippen molar-refractivity contribution in [3.8, 4) is 34.0 Å². The standard InChI is InChI=1S/C31H31N3O3/c1-18-13-23(14-19(2)28(18)20-7-4-3-5-8-20)30-33-29(34-37-30)22-11-12-26-21(15-22)9-6-10-27(26)32-25-16-24(17-25)31(35)36/h3-5,7-8,11-15,24-25,27,32H,6,9-10,16-17H2,1-2H3,(H,35,36). The zero-order valence-corrected chi connectivity index (χ0v) is 21.2. The van der Waals surface area contributed by atoms with Crippen LogP contribution >= 0.6 is 0 Å². The van der Waals surface area contributed by atoms with Crippen LogP contribution in [0.5, 0.6) is 0 Å². The van der Waals surface area contributed by atoms with E-state index in [1.807, 2.05) is 6.07 Å². The Morgan fingerprint density at radius 1 is 0.973 bits per heavy atom. The molecule has 3 aromatic carbocycles. The SMILES string of the molecule is Cc1cc(-c2nc(-c3ccc4c(c3)CCCC4NC3CC(C(=O)O)C3)no2)cc(C)c1-c1ccccc1. The van der Waals surface area contributed by atoms with Crippen molar-refractivity contribution in [2.75, 3.05) is 0 Å². The number of aliphatic carboxylic acids is 1. The summed E-state index contributed by atoms with van der Waals surface area (Å²) in [5.41, 5.74) is 9.29. The molecule has 2 aliphatic rings. The molecule has 0 amide bonds. The first-order chi connectivity index (χ1) is 18.0. The van der Waals surface area contributed by atoms with E-state index in [1.165, 1.54) is 33.4 Å². The highest BCUT2D eigenvalue weighted by atomic mass is 16.5. The van der Waals surface area contributed by atoms with Crippen molar-refractivity contribution >= 4 is 5.97 Å². The molecule has 1 unspecified atom stereocenters. The van der Waals surface area contributed by atoms with Gasteiger partial charge in [-0.3, -0.25) is 4.79 Å². The largest absolute Gasteiger partial charge is 0.481 e. The fourth-order valence-electron chi connectivity index (χ4n) is 5.97. The van der Waals surface area contributed by atoms with Crippen molar-refractivity contribution in [2.45, 2.75) is 58.0 Å². The fourth-order valence-corrected chi connectivity index (χ4v) is 5.97. The van der Waals surface area contributed by atoms with Crippen LogP contribution in [-0.2, 0) is 11.2 Å². The minimum absolute atomic E-state index is 0.197. The van der Waals surface area contributed by atoms with Gasteiger partial charge in [-0.1, -0.05) is 47.6 Å². The number of aromatic nitrogens is 2. The topological polar surface area (TPSA) is 88.2 Å². The second-order valence-electron chi connectivity index (χ2n) is 10.5. The van der Waals surface area contributed by atoms with Crippen LogP contribution in [0.2, 0.25) is 0 Å². The Labute approximate surface area is 216 Å². The number of hydrogen-bond donors (Lipinski definition) is 2. The van der Waals surface area contributed by atoms with Crippen LogP contribution in [0.3, 0.4) is 0 Å². The number of nitrogens with one attached hydrogen (secondary N) is 1. The lowest BCUT2D eigenvalue weighted by Gasteiger charge is -2.38. The molecule has 0 saturated heterocycles. The number of benzene rings is 3. The predicted molar refractivity (Wildman–Crippen MR) is 143 cm³/mol. The molecule has 1 saturated carbocycles.